The van der Waals surface area contributed by atoms with Crippen molar-refractivity contribution in [1.29, 1.82) is 5.26 Å². The lowest BCUT2D eigenvalue weighted by Crippen LogP contribution is -2.13. The Morgan fingerprint density at radius 3 is 2.71 bits per heavy atom. The summed E-state index contributed by atoms with van der Waals surface area (Å²) >= 11 is 0.605. The Hall–Kier alpha value is -2.54. The lowest BCUT2D eigenvalue weighted by Gasteiger charge is -2.05. The van der Waals surface area contributed by atoms with Crippen molar-refractivity contribution in [2.24, 2.45) is 0 Å². The van der Waals surface area contributed by atoms with Crippen LogP contribution in [0.4, 0.5) is 8.78 Å². The van der Waals surface area contributed by atoms with Gasteiger partial charge in [-0.25, -0.2) is 13.5 Å². The maximum absolute atomic E-state index is 13.8. The number of benzene rings is 1. The molecule has 0 aliphatic heterocycles. The first kappa shape index (κ1) is 14.9. The number of hydrogen-bond donors (Lipinski definition) is 0. The number of nitriles is 1. The number of methoxy groups -OCH3 is 1. The molecule has 0 aliphatic carbocycles. The third kappa shape index (κ3) is 3.32. The first-order valence-electron chi connectivity index (χ1n) is 5.45. The predicted molar refractivity (Wildman–Crippen MR) is 65.0 cm³/mol. The van der Waals surface area contributed by atoms with Crippen LogP contribution in [0.2, 0.25) is 0 Å². The van der Waals surface area contributed by atoms with Gasteiger partial charge in [-0.15, -0.1) is 5.10 Å². The molecule has 0 radical (unpaired) electrons. The molecule has 7 nitrogen and oxygen atoms in total. The van der Waals surface area contributed by atoms with Crippen molar-refractivity contribution < 1.29 is 18.3 Å². The maximum Gasteiger partial charge on any atom is 0.327 e. The number of rotatable bonds is 4. The molecule has 0 spiro atoms. The Bertz CT molecular complexity index is 705. The highest BCUT2D eigenvalue weighted by atomic mass is 32.2. The van der Waals surface area contributed by atoms with Crippen molar-refractivity contribution in [2.75, 3.05) is 7.11 Å². The summed E-state index contributed by atoms with van der Waals surface area (Å²) in [6.45, 7) is -0.286. The molecular weight excluding hydrogens is 304 g/mol. The quantitative estimate of drug-likeness (QED) is 0.782. The summed E-state index contributed by atoms with van der Waals surface area (Å²) in [4.78, 5) is 10.8. The molecule has 108 valence electrons. The van der Waals surface area contributed by atoms with Crippen LogP contribution in [0.1, 0.15) is 5.56 Å². The largest absolute Gasteiger partial charge is 0.468 e. The van der Waals surface area contributed by atoms with Crippen LogP contribution in [-0.4, -0.2) is 33.3 Å². The van der Waals surface area contributed by atoms with Crippen LogP contribution in [0, 0.1) is 23.0 Å². The third-order valence-corrected chi connectivity index (χ3v) is 3.40. The van der Waals surface area contributed by atoms with E-state index < -0.39 is 17.6 Å². The van der Waals surface area contributed by atoms with Gasteiger partial charge in [0.25, 0.3) is 0 Å². The number of hydrogen-bond acceptors (Lipinski definition) is 7. The van der Waals surface area contributed by atoms with Crippen molar-refractivity contribution in [3.8, 4) is 6.07 Å². The van der Waals surface area contributed by atoms with Gasteiger partial charge in [0.15, 0.2) is 0 Å². The molecular formula is C11H7F2N5O2S. The molecule has 1 aromatic carbocycles. The second-order valence-corrected chi connectivity index (χ2v) is 4.66. The zero-order valence-electron chi connectivity index (χ0n) is 10.6. The molecule has 0 amide bonds. The summed E-state index contributed by atoms with van der Waals surface area (Å²) in [6.07, 6.45) is 0. The van der Waals surface area contributed by atoms with Gasteiger partial charge >= 0.3 is 5.97 Å². The number of esters is 1. The van der Waals surface area contributed by atoms with E-state index in [1.807, 2.05) is 0 Å². The summed E-state index contributed by atoms with van der Waals surface area (Å²) in [5.74, 6) is -2.43. The highest BCUT2D eigenvalue weighted by Crippen LogP contribution is 2.31. The Balaban J connectivity index is 2.30. The molecule has 0 saturated carbocycles. The summed E-state index contributed by atoms with van der Waals surface area (Å²) in [7, 11) is 1.19. The van der Waals surface area contributed by atoms with Crippen LogP contribution in [0.3, 0.4) is 0 Å². The standard InChI is InChI=1S/C11H7F2N5O2S/c1-20-9(19)5-18-11(15-16-17-18)21-10-7(12)2-6(4-14)3-8(10)13/h2-3H,5H2,1H3. The van der Waals surface area contributed by atoms with E-state index in [-0.39, 0.29) is 22.2 Å². The van der Waals surface area contributed by atoms with Gasteiger partial charge < -0.3 is 4.74 Å². The van der Waals surface area contributed by atoms with Crippen LogP contribution in [-0.2, 0) is 16.1 Å². The number of carbonyl (C=O) groups is 1. The van der Waals surface area contributed by atoms with Crippen molar-refractivity contribution >= 4 is 17.7 Å². The van der Waals surface area contributed by atoms with Crippen LogP contribution in [0.5, 0.6) is 0 Å². The summed E-state index contributed by atoms with van der Waals surface area (Å²) in [6, 6.07) is 3.45. The van der Waals surface area contributed by atoms with Gasteiger partial charge in [-0.05, 0) is 34.3 Å². The maximum atomic E-state index is 13.8. The summed E-state index contributed by atoms with van der Waals surface area (Å²) < 4.78 is 33.0. The Morgan fingerprint density at radius 1 is 1.48 bits per heavy atom. The van der Waals surface area contributed by atoms with Gasteiger partial charge in [-0.3, -0.25) is 4.79 Å². The predicted octanol–water partition coefficient (Wildman–Crippen LogP) is 1.15. The zero-order valence-corrected chi connectivity index (χ0v) is 11.4. The molecule has 2 rings (SSSR count). The van der Waals surface area contributed by atoms with Gasteiger partial charge in [-0.2, -0.15) is 5.26 Å². The fraction of sp³-hybridized carbons (Fsp3) is 0.182. The van der Waals surface area contributed by atoms with E-state index in [1.165, 1.54) is 7.11 Å². The molecule has 2 aromatic rings. The molecule has 0 bridgehead atoms. The number of carbonyl (C=O) groups excluding carboxylic acids is 1. The fourth-order valence-corrected chi connectivity index (χ4v) is 2.15. The normalized spacial score (nSPS) is 10.2. The van der Waals surface area contributed by atoms with Crippen LogP contribution in [0.25, 0.3) is 0 Å². The third-order valence-electron chi connectivity index (χ3n) is 2.33. The van der Waals surface area contributed by atoms with Gasteiger partial charge in [-0.1, -0.05) is 0 Å². The van der Waals surface area contributed by atoms with Gasteiger partial charge in [0.2, 0.25) is 5.16 Å². The van der Waals surface area contributed by atoms with E-state index in [2.05, 4.69) is 20.3 Å². The SMILES string of the molecule is COC(=O)Cn1nnnc1Sc1c(F)cc(C#N)cc1F. The van der Waals surface area contributed by atoms with Crippen molar-refractivity contribution in [3.63, 3.8) is 0 Å². The number of halogens is 2. The number of nitrogens with zero attached hydrogens (tertiary/aromatic N) is 5. The molecule has 0 unspecified atom stereocenters. The highest BCUT2D eigenvalue weighted by molar-refractivity contribution is 7.99. The second kappa shape index (κ2) is 6.27. The van der Waals surface area contributed by atoms with Gasteiger partial charge in [0.05, 0.1) is 23.6 Å². The minimum Gasteiger partial charge on any atom is -0.468 e. The number of tetrazole rings is 1. The summed E-state index contributed by atoms with van der Waals surface area (Å²) in [5.41, 5.74) is -0.136. The van der Waals surface area contributed by atoms with E-state index in [4.69, 9.17) is 5.26 Å². The smallest absolute Gasteiger partial charge is 0.327 e. The van der Waals surface area contributed by atoms with E-state index in [9.17, 15) is 13.6 Å². The lowest BCUT2D eigenvalue weighted by molar-refractivity contribution is -0.141. The molecule has 1 heterocycles. The molecule has 0 N–H and O–H groups in total. The Kier molecular flexibility index (Phi) is 4.44. The average molecular weight is 311 g/mol. The van der Waals surface area contributed by atoms with Crippen molar-refractivity contribution in [3.05, 3.63) is 29.3 Å². The molecule has 21 heavy (non-hydrogen) atoms. The molecule has 0 aliphatic rings. The van der Waals surface area contributed by atoms with Crippen LogP contribution in [0.15, 0.2) is 22.2 Å². The fourth-order valence-electron chi connectivity index (χ4n) is 1.37. The highest BCUT2D eigenvalue weighted by Gasteiger charge is 2.18. The van der Waals surface area contributed by atoms with Crippen molar-refractivity contribution in [2.45, 2.75) is 16.6 Å². The topological polar surface area (TPSA) is 93.7 Å². The van der Waals surface area contributed by atoms with Crippen LogP contribution >= 0.6 is 11.8 Å². The monoisotopic (exact) mass is 311 g/mol. The minimum atomic E-state index is -0.913. The molecule has 0 fully saturated rings. The molecule has 1 aromatic heterocycles. The van der Waals surface area contributed by atoms with Crippen LogP contribution < -0.4 is 0 Å². The van der Waals surface area contributed by atoms with E-state index >= 15 is 0 Å². The minimum absolute atomic E-state index is 0.0166. The molecule has 0 atom stereocenters. The Morgan fingerprint density at radius 2 is 2.14 bits per heavy atom. The first-order chi connectivity index (χ1) is 10.0. The molecule has 0 saturated heterocycles. The number of ether oxygens (including phenoxy) is 1. The lowest BCUT2D eigenvalue weighted by atomic mass is 10.2. The molecule has 10 heteroatoms. The van der Waals surface area contributed by atoms with Gasteiger partial charge in [0, 0.05) is 0 Å². The zero-order chi connectivity index (χ0) is 15.4. The van der Waals surface area contributed by atoms with Gasteiger partial charge in [0.1, 0.15) is 18.2 Å². The average Bonchev–Trinajstić information content (AvgIpc) is 2.89. The van der Waals surface area contributed by atoms with E-state index in [0.29, 0.717) is 11.8 Å². The Labute approximate surface area is 121 Å². The van der Waals surface area contributed by atoms with Crippen molar-refractivity contribution in [1.82, 2.24) is 20.2 Å². The van der Waals surface area contributed by atoms with E-state index in [1.54, 1.807) is 6.07 Å². The van der Waals surface area contributed by atoms with E-state index in [0.717, 1.165) is 16.8 Å². The first-order valence-corrected chi connectivity index (χ1v) is 6.26. The number of aromatic nitrogens is 4. The summed E-state index contributed by atoms with van der Waals surface area (Å²) in [5, 5.41) is 19.1. The second-order valence-electron chi connectivity index (χ2n) is 3.68.